The van der Waals surface area contributed by atoms with Crippen molar-refractivity contribution >= 4 is 14.0 Å². The number of carbonyl (C=O) groups excluding carboxylic acids is 1. The van der Waals surface area contributed by atoms with Crippen LogP contribution in [0.3, 0.4) is 0 Å². The van der Waals surface area contributed by atoms with Crippen LogP contribution >= 0.6 is 0 Å². The normalized spacial score (nSPS) is 24.9. The Bertz CT molecular complexity index is 545. The summed E-state index contributed by atoms with van der Waals surface area (Å²) in [6.45, 7) is 6.87. The lowest BCUT2D eigenvalue weighted by Crippen LogP contribution is -2.15. The van der Waals surface area contributed by atoms with Crippen LogP contribution in [-0.2, 0) is 9.53 Å². The topological polar surface area (TPSA) is 35.5 Å². The molecule has 0 bridgehead atoms. The number of para-hydroxylation sites is 1. The molecule has 1 aliphatic rings. The van der Waals surface area contributed by atoms with Gasteiger partial charge < -0.3 is 9.47 Å². The lowest BCUT2D eigenvalue weighted by Gasteiger charge is -2.08. The van der Waals surface area contributed by atoms with Crippen LogP contribution in [-0.4, -0.2) is 28.3 Å². The fourth-order valence-electron chi connectivity index (χ4n) is 2.76. The molecule has 0 spiro atoms. The Morgan fingerprint density at radius 2 is 1.86 bits per heavy atom. The van der Waals surface area contributed by atoms with Crippen molar-refractivity contribution in [2.45, 2.75) is 25.6 Å². The average molecular weight is 304 g/mol. The molecule has 4 heteroatoms. The van der Waals surface area contributed by atoms with E-state index in [0.717, 1.165) is 11.3 Å². The smallest absolute Gasteiger partial charge is 0.309 e. The number of rotatable bonds is 5. The summed E-state index contributed by atoms with van der Waals surface area (Å²) in [7, 11) is 1.85. The van der Waals surface area contributed by atoms with E-state index in [0.29, 0.717) is 0 Å². The highest BCUT2D eigenvalue weighted by Crippen LogP contribution is 2.57. The number of methoxy groups -OCH3 is 2. The van der Waals surface area contributed by atoms with Gasteiger partial charge in [-0.05, 0) is 17.5 Å². The van der Waals surface area contributed by atoms with Crippen LogP contribution in [0, 0.1) is 11.8 Å². The van der Waals surface area contributed by atoms with Crippen LogP contribution in [0.25, 0.3) is 0 Å². The average Bonchev–Trinajstić information content (AvgIpc) is 3.17. The lowest BCUT2D eigenvalue weighted by atomic mass is 10.1. The zero-order chi connectivity index (χ0) is 15.6. The third-order valence-corrected chi connectivity index (χ3v) is 5.06. The summed E-state index contributed by atoms with van der Waals surface area (Å²) >= 11 is 0. The molecule has 1 aliphatic carbocycles. The maximum Gasteiger partial charge on any atom is 0.309 e. The lowest BCUT2D eigenvalue weighted by molar-refractivity contribution is -0.142. The zero-order valence-electron chi connectivity index (χ0n) is 13.4. The molecule has 0 unspecified atom stereocenters. The number of carbonyl (C=O) groups is 1. The maximum absolute atomic E-state index is 12.0. The van der Waals surface area contributed by atoms with Gasteiger partial charge in [0, 0.05) is 5.92 Å². The Labute approximate surface area is 128 Å². The Morgan fingerprint density at radius 1 is 1.19 bits per heavy atom. The molecule has 1 aromatic rings. The van der Waals surface area contributed by atoms with Crippen molar-refractivity contribution in [3.8, 4) is 5.75 Å². The van der Waals surface area contributed by atoms with Crippen molar-refractivity contribution in [2.75, 3.05) is 14.2 Å². The molecule has 3 nitrogen and oxygen atoms in total. The third kappa shape index (κ3) is 3.56. The molecular formula is C17H24O3Si. The molecule has 0 heterocycles. The molecule has 1 fully saturated rings. The van der Waals surface area contributed by atoms with Crippen molar-refractivity contribution in [1.82, 2.24) is 0 Å². The van der Waals surface area contributed by atoms with Gasteiger partial charge in [0.15, 0.2) is 0 Å². The van der Waals surface area contributed by atoms with Crippen molar-refractivity contribution in [3.05, 3.63) is 41.6 Å². The maximum atomic E-state index is 12.0. The van der Waals surface area contributed by atoms with Gasteiger partial charge in [0.2, 0.25) is 0 Å². The molecule has 1 saturated carbocycles. The minimum Gasteiger partial charge on any atom is -0.496 e. The van der Waals surface area contributed by atoms with E-state index in [4.69, 9.17) is 9.47 Å². The van der Waals surface area contributed by atoms with Crippen molar-refractivity contribution < 1.29 is 14.3 Å². The highest BCUT2D eigenvalue weighted by atomic mass is 28.3. The molecule has 114 valence electrons. The SMILES string of the molecule is COC(=O)[C@@H]1[C@@H](/C=C/[Si](C)(C)C)[C@H]1c1ccccc1OC. The molecule has 0 aliphatic heterocycles. The summed E-state index contributed by atoms with van der Waals surface area (Å²) in [5, 5.41) is 0. The molecule has 2 rings (SSSR count). The summed E-state index contributed by atoms with van der Waals surface area (Å²) in [6.07, 6.45) is 2.21. The van der Waals surface area contributed by atoms with E-state index in [1.165, 1.54) is 7.11 Å². The first kappa shape index (κ1) is 15.8. The van der Waals surface area contributed by atoms with Gasteiger partial charge in [-0.2, -0.15) is 0 Å². The first-order chi connectivity index (χ1) is 9.89. The van der Waals surface area contributed by atoms with Gasteiger partial charge in [0.1, 0.15) is 5.75 Å². The fourth-order valence-corrected chi connectivity index (χ4v) is 3.56. The Morgan fingerprint density at radius 3 is 2.43 bits per heavy atom. The molecule has 0 saturated heterocycles. The molecule has 0 N–H and O–H groups in total. The van der Waals surface area contributed by atoms with E-state index in [1.807, 2.05) is 24.3 Å². The fraction of sp³-hybridized carbons (Fsp3) is 0.471. The predicted molar refractivity (Wildman–Crippen MR) is 87.2 cm³/mol. The van der Waals surface area contributed by atoms with E-state index >= 15 is 0 Å². The highest BCUT2D eigenvalue weighted by Gasteiger charge is 2.55. The quantitative estimate of drug-likeness (QED) is 0.615. The summed E-state index contributed by atoms with van der Waals surface area (Å²) < 4.78 is 10.4. The summed E-state index contributed by atoms with van der Waals surface area (Å²) in [5.74, 6) is 1.03. The van der Waals surface area contributed by atoms with Gasteiger partial charge in [-0.15, -0.1) is 0 Å². The van der Waals surface area contributed by atoms with Gasteiger partial charge in [0.25, 0.3) is 0 Å². The first-order valence-electron chi connectivity index (χ1n) is 7.29. The molecule has 3 atom stereocenters. The van der Waals surface area contributed by atoms with Crippen molar-refractivity contribution in [2.24, 2.45) is 11.8 Å². The Kier molecular flexibility index (Phi) is 4.57. The summed E-state index contributed by atoms with van der Waals surface area (Å²) in [4.78, 5) is 12.0. The minimum absolute atomic E-state index is 0.0844. The van der Waals surface area contributed by atoms with Crippen LogP contribution in [0.2, 0.25) is 19.6 Å². The van der Waals surface area contributed by atoms with Gasteiger partial charge in [-0.1, -0.05) is 49.6 Å². The van der Waals surface area contributed by atoms with Crippen LogP contribution in [0.15, 0.2) is 36.0 Å². The number of hydrogen-bond acceptors (Lipinski definition) is 3. The largest absolute Gasteiger partial charge is 0.496 e. The van der Waals surface area contributed by atoms with Gasteiger partial charge in [-0.3, -0.25) is 4.79 Å². The van der Waals surface area contributed by atoms with E-state index in [9.17, 15) is 4.79 Å². The van der Waals surface area contributed by atoms with Crippen molar-refractivity contribution in [3.63, 3.8) is 0 Å². The highest BCUT2D eigenvalue weighted by molar-refractivity contribution is 6.80. The van der Waals surface area contributed by atoms with Crippen LogP contribution in [0.5, 0.6) is 5.75 Å². The monoisotopic (exact) mass is 304 g/mol. The standard InChI is InChI=1S/C17H24O3Si/c1-19-14-9-7-6-8-12(14)15-13(10-11-21(3,4)5)16(15)17(18)20-2/h6-11,13,15-16H,1-5H3/b11-10+/t13-,15+,16+/m0/s1. The number of allylic oxidation sites excluding steroid dienone is 1. The number of ether oxygens (including phenoxy) is 2. The van der Waals surface area contributed by atoms with Crippen LogP contribution < -0.4 is 4.74 Å². The second-order valence-electron chi connectivity index (χ2n) is 6.62. The van der Waals surface area contributed by atoms with Gasteiger partial charge in [-0.25, -0.2) is 0 Å². The molecular weight excluding hydrogens is 280 g/mol. The molecule has 0 amide bonds. The van der Waals surface area contributed by atoms with Crippen molar-refractivity contribution in [1.29, 1.82) is 0 Å². The minimum atomic E-state index is -1.27. The predicted octanol–water partition coefficient (Wildman–Crippen LogP) is 3.63. The second-order valence-corrected chi connectivity index (χ2v) is 11.7. The Balaban J connectivity index is 2.28. The zero-order valence-corrected chi connectivity index (χ0v) is 14.4. The summed E-state index contributed by atoms with van der Waals surface area (Å²) in [5.41, 5.74) is 3.41. The molecule has 0 radical (unpaired) electrons. The van der Waals surface area contributed by atoms with Gasteiger partial charge in [0.05, 0.1) is 28.2 Å². The molecule has 0 aromatic heterocycles. The number of benzene rings is 1. The molecule has 21 heavy (non-hydrogen) atoms. The third-order valence-electron chi connectivity index (χ3n) is 3.87. The van der Waals surface area contributed by atoms with E-state index < -0.39 is 8.07 Å². The molecule has 1 aromatic carbocycles. The number of esters is 1. The van der Waals surface area contributed by atoms with Crippen LogP contribution in [0.1, 0.15) is 11.5 Å². The van der Waals surface area contributed by atoms with E-state index in [2.05, 4.69) is 31.4 Å². The van der Waals surface area contributed by atoms with E-state index in [-0.39, 0.29) is 23.7 Å². The Hall–Kier alpha value is -1.55. The van der Waals surface area contributed by atoms with E-state index in [1.54, 1.807) is 7.11 Å². The number of hydrogen-bond donors (Lipinski definition) is 0. The second kappa shape index (κ2) is 6.06. The first-order valence-corrected chi connectivity index (χ1v) is 10.9. The van der Waals surface area contributed by atoms with Crippen LogP contribution in [0.4, 0.5) is 0 Å². The summed E-state index contributed by atoms with van der Waals surface area (Å²) in [6, 6.07) is 7.93. The van der Waals surface area contributed by atoms with Gasteiger partial charge >= 0.3 is 5.97 Å².